The van der Waals surface area contributed by atoms with Gasteiger partial charge in [-0.25, -0.2) is 15.0 Å². The zero-order valence-electron chi connectivity index (χ0n) is 17.2. The molecule has 0 aromatic carbocycles. The van der Waals surface area contributed by atoms with Gasteiger partial charge in [0.15, 0.2) is 0 Å². The van der Waals surface area contributed by atoms with E-state index >= 15 is 0 Å². The van der Waals surface area contributed by atoms with E-state index in [1.54, 1.807) is 24.7 Å². The number of piperidine rings is 2. The van der Waals surface area contributed by atoms with E-state index in [9.17, 15) is 0 Å². The monoisotopic (exact) mass is 412 g/mol. The molecule has 3 aliphatic rings. The van der Waals surface area contributed by atoms with Crippen molar-refractivity contribution in [3.8, 4) is 6.07 Å². The molecule has 0 saturated carbocycles. The molecule has 0 amide bonds. The van der Waals surface area contributed by atoms with Crippen molar-refractivity contribution in [1.82, 2.24) is 24.8 Å². The molecule has 8 nitrogen and oxygen atoms in total. The van der Waals surface area contributed by atoms with Crippen molar-refractivity contribution in [2.75, 3.05) is 10.6 Å². The van der Waals surface area contributed by atoms with Crippen LogP contribution in [0.3, 0.4) is 0 Å². The molecular weight excluding hydrogens is 388 g/mol. The molecule has 6 heterocycles. The molecule has 4 atom stereocenters. The Morgan fingerprint density at radius 1 is 1.10 bits per heavy atom. The van der Waals surface area contributed by atoms with Crippen LogP contribution in [0.25, 0.3) is 10.9 Å². The molecule has 156 valence electrons. The van der Waals surface area contributed by atoms with Gasteiger partial charge < -0.3 is 10.6 Å². The van der Waals surface area contributed by atoms with Gasteiger partial charge in [-0.05, 0) is 50.3 Å². The molecule has 6 rings (SSSR count). The predicted octanol–water partition coefficient (Wildman–Crippen LogP) is 3.63. The van der Waals surface area contributed by atoms with Gasteiger partial charge in [-0.15, -0.1) is 0 Å². The number of nitrogens with one attached hydrogen (secondary N) is 2. The summed E-state index contributed by atoms with van der Waals surface area (Å²) in [6.07, 6.45) is 11.6. The second-order valence-electron chi connectivity index (χ2n) is 8.94. The molecular formula is C23H24N8. The van der Waals surface area contributed by atoms with Crippen molar-refractivity contribution in [2.45, 2.75) is 62.2 Å². The predicted molar refractivity (Wildman–Crippen MR) is 118 cm³/mol. The van der Waals surface area contributed by atoms with Gasteiger partial charge in [0.05, 0.1) is 11.6 Å². The van der Waals surface area contributed by atoms with Gasteiger partial charge in [-0.1, -0.05) is 0 Å². The van der Waals surface area contributed by atoms with Gasteiger partial charge in [-0.2, -0.15) is 5.26 Å². The van der Waals surface area contributed by atoms with Gasteiger partial charge in [-0.3, -0.25) is 9.88 Å². The highest BCUT2D eigenvalue weighted by atomic mass is 15.4. The SMILES string of the molecule is N#CCCC12C[C@H]3CC(Nc4nc(Nc5ncccn5)cc5ncccc45)C[C@@H](C1)N32. The van der Waals surface area contributed by atoms with Gasteiger partial charge in [0, 0.05) is 60.1 Å². The summed E-state index contributed by atoms with van der Waals surface area (Å²) in [4.78, 5) is 20.6. The Morgan fingerprint density at radius 2 is 1.87 bits per heavy atom. The van der Waals surface area contributed by atoms with Crippen LogP contribution in [0.1, 0.15) is 38.5 Å². The molecule has 3 aliphatic heterocycles. The molecule has 3 aromatic heterocycles. The molecule has 8 heteroatoms. The molecule has 0 radical (unpaired) electrons. The number of anilines is 3. The first-order chi connectivity index (χ1) is 15.2. The largest absolute Gasteiger partial charge is 0.367 e. The van der Waals surface area contributed by atoms with E-state index in [-0.39, 0.29) is 0 Å². The first kappa shape index (κ1) is 18.5. The molecule has 0 spiro atoms. The van der Waals surface area contributed by atoms with Crippen LogP contribution in [0, 0.1) is 11.3 Å². The van der Waals surface area contributed by atoms with Crippen LogP contribution in [-0.4, -0.2) is 48.5 Å². The number of fused-ring (bicyclic) bond motifs is 1. The topological polar surface area (TPSA) is 103 Å². The maximum absolute atomic E-state index is 8.97. The number of nitriles is 1. The highest BCUT2D eigenvalue weighted by molar-refractivity contribution is 5.91. The average Bonchev–Trinajstić information content (AvgIpc) is 2.75. The van der Waals surface area contributed by atoms with Crippen molar-refractivity contribution < 1.29 is 0 Å². The third-order valence-corrected chi connectivity index (χ3v) is 7.13. The maximum atomic E-state index is 8.97. The van der Waals surface area contributed by atoms with E-state index in [0.29, 0.717) is 41.9 Å². The van der Waals surface area contributed by atoms with Crippen LogP contribution in [-0.2, 0) is 0 Å². The van der Waals surface area contributed by atoms with Crippen molar-refractivity contribution in [1.29, 1.82) is 5.26 Å². The van der Waals surface area contributed by atoms with E-state index in [1.807, 2.05) is 12.1 Å². The Labute approximate surface area is 180 Å². The summed E-state index contributed by atoms with van der Waals surface area (Å²) in [5, 5.41) is 16.9. The lowest BCUT2D eigenvalue weighted by molar-refractivity contribution is -0.222. The molecule has 3 aromatic rings. The smallest absolute Gasteiger partial charge is 0.228 e. The van der Waals surface area contributed by atoms with E-state index in [1.165, 1.54) is 12.8 Å². The number of nitrogens with zero attached hydrogens (tertiary/aromatic N) is 6. The average molecular weight is 413 g/mol. The Kier molecular flexibility index (Phi) is 4.25. The van der Waals surface area contributed by atoms with Gasteiger partial charge in [0.25, 0.3) is 0 Å². The first-order valence-corrected chi connectivity index (χ1v) is 11.0. The van der Waals surface area contributed by atoms with Crippen LogP contribution >= 0.6 is 0 Å². The Hall–Kier alpha value is -3.31. The van der Waals surface area contributed by atoms with E-state index < -0.39 is 0 Å². The van der Waals surface area contributed by atoms with Crippen LogP contribution in [0.4, 0.5) is 17.6 Å². The van der Waals surface area contributed by atoms with Gasteiger partial charge in [0.2, 0.25) is 5.95 Å². The van der Waals surface area contributed by atoms with E-state index in [0.717, 1.165) is 36.0 Å². The summed E-state index contributed by atoms with van der Waals surface area (Å²) in [7, 11) is 0. The standard InChI is InChI=1S/C23H24N8/c24-6-2-5-23-13-16-10-15(11-17(14-23)31(16)23)28-21-18-4-1-7-25-19(18)12-20(29-21)30-22-26-8-3-9-27-22/h1,3-4,7-9,12,15-17H,2,5,10-11,13-14H2,(H2,26,27,28,29,30)/t15?,16-,17+,23?. The van der Waals surface area contributed by atoms with Gasteiger partial charge >= 0.3 is 0 Å². The molecule has 0 aliphatic carbocycles. The zero-order valence-corrected chi connectivity index (χ0v) is 17.2. The second kappa shape index (κ2) is 7.13. The fraction of sp³-hybridized carbons (Fsp3) is 0.435. The minimum Gasteiger partial charge on any atom is -0.367 e. The third-order valence-electron chi connectivity index (χ3n) is 7.13. The molecule has 2 unspecified atom stereocenters. The minimum atomic E-state index is 0.338. The normalized spacial score (nSPS) is 28.7. The zero-order chi connectivity index (χ0) is 20.8. The summed E-state index contributed by atoms with van der Waals surface area (Å²) in [5.41, 5.74) is 1.23. The molecule has 31 heavy (non-hydrogen) atoms. The van der Waals surface area contributed by atoms with Crippen LogP contribution in [0.15, 0.2) is 42.9 Å². The Bertz CT molecular complexity index is 1140. The van der Waals surface area contributed by atoms with Crippen molar-refractivity contribution in [3.05, 3.63) is 42.9 Å². The Balaban J connectivity index is 1.22. The van der Waals surface area contributed by atoms with Crippen molar-refractivity contribution in [2.24, 2.45) is 0 Å². The highest BCUT2D eigenvalue weighted by Crippen LogP contribution is 2.58. The number of hydrogen-bond donors (Lipinski definition) is 2. The maximum Gasteiger partial charge on any atom is 0.228 e. The van der Waals surface area contributed by atoms with E-state index in [4.69, 9.17) is 10.2 Å². The molecule has 0 bridgehead atoms. The lowest BCUT2D eigenvalue weighted by Crippen LogP contribution is -2.81. The van der Waals surface area contributed by atoms with Crippen molar-refractivity contribution >= 4 is 28.5 Å². The molecule has 2 N–H and O–H groups in total. The lowest BCUT2D eigenvalue weighted by Gasteiger charge is -2.74. The highest BCUT2D eigenvalue weighted by Gasteiger charge is 2.64. The summed E-state index contributed by atoms with van der Waals surface area (Å²) >= 11 is 0. The van der Waals surface area contributed by atoms with Crippen LogP contribution in [0.2, 0.25) is 0 Å². The first-order valence-electron chi connectivity index (χ1n) is 11.0. The number of pyridine rings is 2. The third kappa shape index (κ3) is 3.08. The minimum absolute atomic E-state index is 0.338. The van der Waals surface area contributed by atoms with Gasteiger partial charge in [0.1, 0.15) is 11.6 Å². The molecule has 3 saturated heterocycles. The summed E-state index contributed by atoms with van der Waals surface area (Å²) in [5.74, 6) is 2.05. The number of hydrogen-bond acceptors (Lipinski definition) is 8. The van der Waals surface area contributed by atoms with Crippen molar-refractivity contribution in [3.63, 3.8) is 0 Å². The summed E-state index contributed by atoms with van der Waals surface area (Å²) < 4.78 is 0. The Morgan fingerprint density at radius 3 is 2.65 bits per heavy atom. The summed E-state index contributed by atoms with van der Waals surface area (Å²) in [6.45, 7) is 0. The van der Waals surface area contributed by atoms with Crippen LogP contribution in [0.5, 0.6) is 0 Å². The lowest BCUT2D eigenvalue weighted by atomic mass is 9.57. The number of rotatable bonds is 6. The van der Waals surface area contributed by atoms with E-state index in [2.05, 4.69) is 42.6 Å². The quantitative estimate of drug-likeness (QED) is 0.633. The van der Waals surface area contributed by atoms with Crippen LogP contribution < -0.4 is 10.6 Å². The fourth-order valence-electron chi connectivity index (χ4n) is 6.02. The number of aromatic nitrogens is 4. The summed E-state index contributed by atoms with van der Waals surface area (Å²) in [6, 6.07) is 11.7. The second-order valence-corrected chi connectivity index (χ2v) is 8.94. The molecule has 3 fully saturated rings. The fourth-order valence-corrected chi connectivity index (χ4v) is 6.02.